The van der Waals surface area contributed by atoms with E-state index in [0.29, 0.717) is 0 Å². The molecular weight excluding hydrogens is 331 g/mol. The molecule has 3 aromatic rings. The minimum absolute atomic E-state index is 1.28. The Kier molecular flexibility index (Phi) is 3.08. The highest BCUT2D eigenvalue weighted by molar-refractivity contribution is 14.1. The summed E-state index contributed by atoms with van der Waals surface area (Å²) in [6.07, 6.45) is 0. The zero-order valence-corrected chi connectivity index (χ0v) is 12.3. The summed E-state index contributed by atoms with van der Waals surface area (Å²) in [5.41, 5.74) is 3.98. The van der Waals surface area contributed by atoms with Gasteiger partial charge in [-0.1, -0.05) is 48.5 Å². The zero-order chi connectivity index (χ0) is 12.5. The fourth-order valence-electron chi connectivity index (χ4n) is 2.34. The van der Waals surface area contributed by atoms with E-state index in [0.717, 1.165) is 0 Å². The van der Waals surface area contributed by atoms with Crippen LogP contribution in [0, 0.1) is 10.5 Å². The molecule has 3 aromatic carbocycles. The predicted molar refractivity (Wildman–Crippen MR) is 86.8 cm³/mol. The van der Waals surface area contributed by atoms with E-state index in [1.807, 2.05) is 0 Å². The predicted octanol–water partition coefficient (Wildman–Crippen LogP) is 5.42. The van der Waals surface area contributed by atoms with Crippen LogP contribution in [-0.4, -0.2) is 0 Å². The molecule has 0 aliphatic heterocycles. The summed E-state index contributed by atoms with van der Waals surface area (Å²) in [5.74, 6) is 0. The van der Waals surface area contributed by atoms with Crippen LogP contribution in [0.2, 0.25) is 0 Å². The summed E-state index contributed by atoms with van der Waals surface area (Å²) in [5, 5.41) is 2.62. The molecule has 0 saturated heterocycles. The van der Waals surface area contributed by atoms with Gasteiger partial charge in [-0.05, 0) is 69.1 Å². The van der Waals surface area contributed by atoms with Crippen LogP contribution in [0.4, 0.5) is 0 Å². The standard InChI is InChI=1S/C17H13I/c1-12-9-10-14(18)11-17(12)16-8-4-6-13-5-2-3-7-15(13)16/h2-11H,1H3. The lowest BCUT2D eigenvalue weighted by Crippen LogP contribution is -1.86. The van der Waals surface area contributed by atoms with Crippen LogP contribution in [0.25, 0.3) is 21.9 Å². The molecule has 88 valence electrons. The lowest BCUT2D eigenvalue weighted by Gasteiger charge is -2.10. The number of benzene rings is 3. The van der Waals surface area contributed by atoms with E-state index in [1.54, 1.807) is 0 Å². The molecule has 0 aliphatic rings. The summed E-state index contributed by atoms with van der Waals surface area (Å²) < 4.78 is 1.28. The molecule has 18 heavy (non-hydrogen) atoms. The van der Waals surface area contributed by atoms with E-state index in [9.17, 15) is 0 Å². The number of hydrogen-bond donors (Lipinski definition) is 0. The van der Waals surface area contributed by atoms with Gasteiger partial charge < -0.3 is 0 Å². The molecule has 0 radical (unpaired) electrons. The maximum Gasteiger partial charge on any atom is 0.0136 e. The molecule has 0 nitrogen and oxygen atoms in total. The summed E-state index contributed by atoms with van der Waals surface area (Å²) >= 11 is 2.37. The maximum absolute atomic E-state index is 2.37. The second kappa shape index (κ2) is 4.73. The second-order valence-corrected chi connectivity index (χ2v) is 5.73. The first-order valence-corrected chi connectivity index (χ1v) is 7.08. The summed E-state index contributed by atoms with van der Waals surface area (Å²) in [6.45, 7) is 2.17. The topological polar surface area (TPSA) is 0 Å². The van der Waals surface area contributed by atoms with Crippen LogP contribution in [0.1, 0.15) is 5.56 Å². The van der Waals surface area contributed by atoms with Gasteiger partial charge in [-0.2, -0.15) is 0 Å². The molecule has 0 unspecified atom stereocenters. The molecule has 0 fully saturated rings. The van der Waals surface area contributed by atoms with Crippen molar-refractivity contribution in [2.45, 2.75) is 6.92 Å². The Morgan fingerprint density at radius 1 is 0.778 bits per heavy atom. The van der Waals surface area contributed by atoms with E-state index < -0.39 is 0 Å². The normalized spacial score (nSPS) is 10.8. The van der Waals surface area contributed by atoms with Crippen molar-refractivity contribution in [3.63, 3.8) is 0 Å². The van der Waals surface area contributed by atoms with E-state index in [1.165, 1.54) is 31.0 Å². The molecule has 0 aliphatic carbocycles. The van der Waals surface area contributed by atoms with E-state index in [-0.39, 0.29) is 0 Å². The minimum Gasteiger partial charge on any atom is -0.0616 e. The highest BCUT2D eigenvalue weighted by atomic mass is 127. The molecule has 0 saturated carbocycles. The molecule has 0 N–H and O–H groups in total. The van der Waals surface area contributed by atoms with Gasteiger partial charge in [-0.3, -0.25) is 0 Å². The Labute approximate surface area is 121 Å². The smallest absolute Gasteiger partial charge is 0.0136 e. The van der Waals surface area contributed by atoms with Crippen molar-refractivity contribution in [3.8, 4) is 11.1 Å². The Balaban J connectivity index is 2.35. The molecule has 0 amide bonds. The highest BCUT2D eigenvalue weighted by Crippen LogP contribution is 2.31. The third-order valence-electron chi connectivity index (χ3n) is 3.28. The Morgan fingerprint density at radius 2 is 1.56 bits per heavy atom. The Hall–Kier alpha value is -1.35. The monoisotopic (exact) mass is 344 g/mol. The van der Waals surface area contributed by atoms with E-state index >= 15 is 0 Å². The zero-order valence-electron chi connectivity index (χ0n) is 10.2. The number of halogens is 1. The van der Waals surface area contributed by atoms with Crippen LogP contribution in [0.15, 0.2) is 60.7 Å². The Morgan fingerprint density at radius 3 is 2.44 bits per heavy atom. The van der Waals surface area contributed by atoms with Gasteiger partial charge in [-0.15, -0.1) is 0 Å². The first-order valence-electron chi connectivity index (χ1n) is 6.00. The Bertz CT molecular complexity index is 708. The van der Waals surface area contributed by atoms with Gasteiger partial charge in [0.05, 0.1) is 0 Å². The molecule has 0 aromatic heterocycles. The van der Waals surface area contributed by atoms with Gasteiger partial charge in [0.15, 0.2) is 0 Å². The van der Waals surface area contributed by atoms with Crippen LogP contribution < -0.4 is 0 Å². The van der Waals surface area contributed by atoms with Gasteiger partial charge >= 0.3 is 0 Å². The maximum atomic E-state index is 2.37. The van der Waals surface area contributed by atoms with Gasteiger partial charge in [0.25, 0.3) is 0 Å². The van der Waals surface area contributed by atoms with Gasteiger partial charge in [-0.25, -0.2) is 0 Å². The minimum atomic E-state index is 1.28. The fourth-order valence-corrected chi connectivity index (χ4v) is 2.84. The fraction of sp³-hybridized carbons (Fsp3) is 0.0588. The van der Waals surface area contributed by atoms with E-state index in [2.05, 4.69) is 90.2 Å². The average molecular weight is 344 g/mol. The van der Waals surface area contributed by atoms with Gasteiger partial charge in [0.1, 0.15) is 0 Å². The number of rotatable bonds is 1. The quantitative estimate of drug-likeness (QED) is 0.517. The highest BCUT2D eigenvalue weighted by Gasteiger charge is 2.06. The van der Waals surface area contributed by atoms with Gasteiger partial charge in [0.2, 0.25) is 0 Å². The van der Waals surface area contributed by atoms with E-state index in [4.69, 9.17) is 0 Å². The average Bonchev–Trinajstić information content (AvgIpc) is 2.41. The van der Waals surface area contributed by atoms with Crippen molar-refractivity contribution >= 4 is 33.4 Å². The second-order valence-electron chi connectivity index (χ2n) is 4.49. The van der Waals surface area contributed by atoms with Crippen molar-refractivity contribution in [1.29, 1.82) is 0 Å². The van der Waals surface area contributed by atoms with Crippen LogP contribution in [0.5, 0.6) is 0 Å². The number of fused-ring (bicyclic) bond motifs is 1. The van der Waals surface area contributed by atoms with Crippen LogP contribution in [-0.2, 0) is 0 Å². The molecule has 0 spiro atoms. The molecule has 1 heteroatoms. The first-order chi connectivity index (χ1) is 8.75. The summed E-state index contributed by atoms with van der Waals surface area (Å²) in [6, 6.07) is 21.7. The largest absolute Gasteiger partial charge is 0.0616 e. The molecule has 0 heterocycles. The molecular formula is C17H13I. The van der Waals surface area contributed by atoms with Crippen LogP contribution >= 0.6 is 22.6 Å². The lowest BCUT2D eigenvalue weighted by molar-refractivity contribution is 1.45. The first kappa shape index (κ1) is 11.7. The van der Waals surface area contributed by atoms with Crippen molar-refractivity contribution < 1.29 is 0 Å². The van der Waals surface area contributed by atoms with Gasteiger partial charge in [0, 0.05) is 3.57 Å². The van der Waals surface area contributed by atoms with Crippen molar-refractivity contribution in [2.75, 3.05) is 0 Å². The number of aryl methyl sites for hydroxylation is 1. The molecule has 0 bridgehead atoms. The molecule has 3 rings (SSSR count). The summed E-state index contributed by atoms with van der Waals surface area (Å²) in [7, 11) is 0. The lowest BCUT2D eigenvalue weighted by atomic mass is 9.95. The third kappa shape index (κ3) is 2.03. The van der Waals surface area contributed by atoms with Crippen molar-refractivity contribution in [2.24, 2.45) is 0 Å². The summed E-state index contributed by atoms with van der Waals surface area (Å²) in [4.78, 5) is 0. The SMILES string of the molecule is Cc1ccc(I)cc1-c1cccc2ccccc12. The number of hydrogen-bond acceptors (Lipinski definition) is 0. The molecule has 0 atom stereocenters. The van der Waals surface area contributed by atoms with Crippen molar-refractivity contribution in [3.05, 3.63) is 69.8 Å². The third-order valence-corrected chi connectivity index (χ3v) is 3.95. The van der Waals surface area contributed by atoms with Crippen LogP contribution in [0.3, 0.4) is 0 Å². The van der Waals surface area contributed by atoms with Crippen molar-refractivity contribution in [1.82, 2.24) is 0 Å².